The fourth-order valence-electron chi connectivity index (χ4n) is 3.47. The van der Waals surface area contributed by atoms with Crippen LogP contribution in [0.2, 0.25) is 0 Å². The molecule has 2 aliphatic rings. The van der Waals surface area contributed by atoms with Crippen LogP contribution in [0.25, 0.3) is 10.2 Å². The lowest BCUT2D eigenvalue weighted by atomic mass is 10.2. The zero-order valence-electron chi connectivity index (χ0n) is 15.3. The van der Waals surface area contributed by atoms with Gasteiger partial charge in [0, 0.05) is 18.0 Å². The van der Waals surface area contributed by atoms with Crippen molar-refractivity contribution in [1.29, 1.82) is 0 Å². The minimum absolute atomic E-state index is 0.0236. The van der Waals surface area contributed by atoms with Crippen molar-refractivity contribution in [2.24, 2.45) is 0 Å². The summed E-state index contributed by atoms with van der Waals surface area (Å²) in [6.45, 7) is 3.97. The minimum atomic E-state index is -0.944. The van der Waals surface area contributed by atoms with E-state index >= 15 is 0 Å². The number of aryl methyl sites for hydroxylation is 1. The van der Waals surface area contributed by atoms with Crippen LogP contribution in [-0.2, 0) is 22.8 Å². The number of aromatic nitrogens is 2. The van der Waals surface area contributed by atoms with Crippen molar-refractivity contribution in [2.45, 2.75) is 37.9 Å². The summed E-state index contributed by atoms with van der Waals surface area (Å²) in [6.07, 6.45) is 1.16. The van der Waals surface area contributed by atoms with Crippen LogP contribution in [0.15, 0.2) is 9.59 Å². The van der Waals surface area contributed by atoms with E-state index in [9.17, 15) is 14.4 Å². The molecular formula is C17H20Cl2N4O4S. The maximum Gasteiger partial charge on any atom is 0.333 e. The first-order valence-electron chi connectivity index (χ1n) is 9.01. The Kier molecular flexibility index (Phi) is 5.20. The molecule has 1 saturated heterocycles. The fourth-order valence-corrected chi connectivity index (χ4v) is 5.15. The van der Waals surface area contributed by atoms with E-state index in [0.29, 0.717) is 42.7 Å². The van der Waals surface area contributed by atoms with Gasteiger partial charge < -0.3 is 15.0 Å². The van der Waals surface area contributed by atoms with Gasteiger partial charge in [0.15, 0.2) is 0 Å². The SMILES string of the molecule is Cc1c(CN2CCNC2=O)sc2c1c(=O)n(C1(Cl)CC1)c(=O)n2CCOCCl. The number of carbonyl (C=O) groups excluding carboxylic acids is 1. The molecular weight excluding hydrogens is 427 g/mol. The molecule has 3 heterocycles. The van der Waals surface area contributed by atoms with Crippen molar-refractivity contribution >= 4 is 50.8 Å². The molecule has 2 aromatic heterocycles. The van der Waals surface area contributed by atoms with Crippen molar-refractivity contribution in [3.63, 3.8) is 0 Å². The third-order valence-electron chi connectivity index (χ3n) is 5.19. The molecule has 1 N–H and O–H groups in total. The molecule has 28 heavy (non-hydrogen) atoms. The normalized spacial score (nSPS) is 18.1. The summed E-state index contributed by atoms with van der Waals surface area (Å²) in [7, 11) is 0. The molecule has 8 nitrogen and oxygen atoms in total. The lowest BCUT2D eigenvalue weighted by molar-refractivity contribution is 0.168. The quantitative estimate of drug-likeness (QED) is 0.520. The van der Waals surface area contributed by atoms with E-state index in [2.05, 4.69) is 5.32 Å². The Morgan fingerprint density at radius 1 is 1.29 bits per heavy atom. The Bertz CT molecular complexity index is 1060. The van der Waals surface area contributed by atoms with Gasteiger partial charge in [-0.15, -0.1) is 11.3 Å². The van der Waals surface area contributed by atoms with Crippen LogP contribution in [0.1, 0.15) is 23.3 Å². The second-order valence-electron chi connectivity index (χ2n) is 6.99. The average Bonchev–Trinajstić information content (AvgIpc) is 3.11. The predicted molar refractivity (Wildman–Crippen MR) is 109 cm³/mol. The molecule has 4 rings (SSSR count). The lowest BCUT2D eigenvalue weighted by Gasteiger charge is -2.15. The van der Waals surface area contributed by atoms with Crippen molar-refractivity contribution in [3.05, 3.63) is 31.3 Å². The zero-order chi connectivity index (χ0) is 20.1. The summed E-state index contributed by atoms with van der Waals surface area (Å²) < 4.78 is 7.91. The molecule has 1 aliphatic carbocycles. The second kappa shape index (κ2) is 7.37. The Hall–Kier alpha value is -1.55. The van der Waals surface area contributed by atoms with Gasteiger partial charge in [0.2, 0.25) is 0 Å². The second-order valence-corrected chi connectivity index (χ2v) is 9.00. The number of thiophene rings is 1. The number of nitrogens with zero attached hydrogens (tertiary/aromatic N) is 3. The topological polar surface area (TPSA) is 85.6 Å². The molecule has 2 amide bonds. The molecule has 152 valence electrons. The van der Waals surface area contributed by atoms with Gasteiger partial charge >= 0.3 is 11.7 Å². The maximum absolute atomic E-state index is 13.2. The molecule has 0 spiro atoms. The summed E-state index contributed by atoms with van der Waals surface area (Å²) in [6, 6.07) is -0.102. The molecule has 0 bridgehead atoms. The van der Waals surface area contributed by atoms with Gasteiger partial charge in [-0.2, -0.15) is 0 Å². The summed E-state index contributed by atoms with van der Waals surface area (Å²) in [5.41, 5.74) is -0.0193. The van der Waals surface area contributed by atoms with E-state index in [1.807, 2.05) is 6.92 Å². The van der Waals surface area contributed by atoms with E-state index in [4.69, 9.17) is 27.9 Å². The smallest absolute Gasteiger partial charge is 0.333 e. The first-order chi connectivity index (χ1) is 13.4. The van der Waals surface area contributed by atoms with Crippen LogP contribution in [0.3, 0.4) is 0 Å². The van der Waals surface area contributed by atoms with E-state index in [1.54, 1.807) is 4.90 Å². The number of urea groups is 1. The fraction of sp³-hybridized carbons (Fsp3) is 0.588. The summed E-state index contributed by atoms with van der Waals surface area (Å²) >= 11 is 13.4. The average molecular weight is 447 g/mol. The van der Waals surface area contributed by atoms with Crippen molar-refractivity contribution in [3.8, 4) is 0 Å². The van der Waals surface area contributed by atoms with Crippen LogP contribution in [0.5, 0.6) is 0 Å². The van der Waals surface area contributed by atoms with Gasteiger partial charge in [-0.3, -0.25) is 9.36 Å². The Balaban J connectivity index is 1.87. The van der Waals surface area contributed by atoms with Crippen LogP contribution < -0.4 is 16.6 Å². The third kappa shape index (κ3) is 3.24. The van der Waals surface area contributed by atoms with Gasteiger partial charge in [-0.05, 0) is 25.3 Å². The molecule has 0 unspecified atom stereocenters. The van der Waals surface area contributed by atoms with E-state index in [0.717, 1.165) is 10.4 Å². The van der Waals surface area contributed by atoms with Gasteiger partial charge in [-0.1, -0.05) is 23.2 Å². The Morgan fingerprint density at radius 3 is 2.64 bits per heavy atom. The van der Waals surface area contributed by atoms with E-state index < -0.39 is 10.7 Å². The number of hydrogen-bond donors (Lipinski definition) is 1. The molecule has 2 fully saturated rings. The molecule has 1 aliphatic heterocycles. The Morgan fingerprint density at radius 2 is 2.04 bits per heavy atom. The summed E-state index contributed by atoms with van der Waals surface area (Å²) in [5, 5.41) is 3.25. The molecule has 11 heteroatoms. The highest BCUT2D eigenvalue weighted by Crippen LogP contribution is 2.46. The highest BCUT2D eigenvalue weighted by Gasteiger charge is 2.46. The molecule has 0 atom stereocenters. The highest BCUT2D eigenvalue weighted by molar-refractivity contribution is 7.18. The number of amides is 2. The maximum atomic E-state index is 13.2. The van der Waals surface area contributed by atoms with Crippen molar-refractivity contribution < 1.29 is 9.53 Å². The number of rotatable bonds is 7. The first kappa shape index (κ1) is 19.8. The number of halogens is 2. The van der Waals surface area contributed by atoms with Crippen molar-refractivity contribution in [2.75, 3.05) is 25.8 Å². The standard InChI is InChI=1S/C17H20Cl2N4O4S/c1-10-11(8-21-5-4-20-15(21)25)28-14-12(10)13(24)23(17(19)2-3-17)16(26)22(14)6-7-27-9-18/h2-9H2,1H3,(H,20,25). The van der Waals surface area contributed by atoms with Crippen LogP contribution in [-0.4, -0.2) is 45.8 Å². The van der Waals surface area contributed by atoms with Gasteiger partial charge in [0.25, 0.3) is 5.56 Å². The van der Waals surface area contributed by atoms with E-state index in [-0.39, 0.29) is 30.8 Å². The van der Waals surface area contributed by atoms with Crippen LogP contribution >= 0.6 is 34.5 Å². The number of alkyl halides is 2. The predicted octanol–water partition coefficient (Wildman–Crippen LogP) is 1.96. The zero-order valence-corrected chi connectivity index (χ0v) is 17.6. The van der Waals surface area contributed by atoms with Crippen LogP contribution in [0.4, 0.5) is 4.79 Å². The summed E-state index contributed by atoms with van der Waals surface area (Å²) in [4.78, 5) is 40.4. The van der Waals surface area contributed by atoms with Gasteiger partial charge in [-0.25, -0.2) is 14.2 Å². The summed E-state index contributed by atoms with van der Waals surface area (Å²) in [5.74, 6) is 0. The molecule has 0 aromatic carbocycles. The van der Waals surface area contributed by atoms with Crippen LogP contribution in [0, 0.1) is 6.92 Å². The number of fused-ring (bicyclic) bond motifs is 1. The largest absolute Gasteiger partial charge is 0.364 e. The third-order valence-corrected chi connectivity index (χ3v) is 7.19. The highest BCUT2D eigenvalue weighted by atomic mass is 35.5. The number of hydrogen-bond acceptors (Lipinski definition) is 5. The lowest BCUT2D eigenvalue weighted by Crippen LogP contribution is -2.44. The minimum Gasteiger partial charge on any atom is -0.364 e. The van der Waals surface area contributed by atoms with Gasteiger partial charge in [0.05, 0.1) is 25.1 Å². The number of ether oxygens (including phenoxy) is 1. The molecule has 2 aromatic rings. The number of nitrogens with one attached hydrogen (secondary N) is 1. The molecule has 0 radical (unpaired) electrons. The first-order valence-corrected chi connectivity index (χ1v) is 10.7. The van der Waals surface area contributed by atoms with Crippen molar-refractivity contribution in [1.82, 2.24) is 19.4 Å². The molecule has 1 saturated carbocycles. The number of carbonyl (C=O) groups is 1. The monoisotopic (exact) mass is 446 g/mol. The Labute approximate surface area is 174 Å². The van der Waals surface area contributed by atoms with Gasteiger partial charge in [0.1, 0.15) is 15.9 Å². The van der Waals surface area contributed by atoms with E-state index in [1.165, 1.54) is 20.5 Å².